The SMILES string of the molecule is Cc1ccc(NCc2csnn2)cn1. The molecule has 2 rings (SSSR count). The van der Waals surface area contributed by atoms with Gasteiger partial charge in [0, 0.05) is 11.1 Å². The van der Waals surface area contributed by atoms with Crippen molar-refractivity contribution in [1.29, 1.82) is 0 Å². The van der Waals surface area contributed by atoms with Gasteiger partial charge in [-0.1, -0.05) is 4.49 Å². The second-order valence-electron chi connectivity index (χ2n) is 2.94. The molecule has 0 fully saturated rings. The first-order valence-corrected chi connectivity index (χ1v) is 5.11. The highest BCUT2D eigenvalue weighted by Gasteiger charge is 1.96. The first-order valence-electron chi connectivity index (χ1n) is 4.27. The molecule has 0 aliphatic heterocycles. The highest BCUT2D eigenvalue weighted by Crippen LogP contribution is 2.07. The smallest absolute Gasteiger partial charge is 0.0946 e. The number of hydrogen-bond acceptors (Lipinski definition) is 5. The van der Waals surface area contributed by atoms with Crippen molar-refractivity contribution in [2.75, 3.05) is 5.32 Å². The maximum absolute atomic E-state index is 4.18. The lowest BCUT2D eigenvalue weighted by atomic mass is 10.3. The molecule has 4 nitrogen and oxygen atoms in total. The Bertz CT molecular complexity index is 382. The van der Waals surface area contributed by atoms with Crippen LogP contribution >= 0.6 is 11.5 Å². The Hall–Kier alpha value is -1.49. The van der Waals surface area contributed by atoms with Crippen molar-refractivity contribution in [2.45, 2.75) is 13.5 Å². The summed E-state index contributed by atoms with van der Waals surface area (Å²) in [5.74, 6) is 0. The fourth-order valence-electron chi connectivity index (χ4n) is 1.03. The first kappa shape index (κ1) is 9.08. The Morgan fingerprint density at radius 3 is 3.00 bits per heavy atom. The summed E-state index contributed by atoms with van der Waals surface area (Å²) in [6.45, 7) is 2.66. The van der Waals surface area contributed by atoms with Gasteiger partial charge in [-0.05, 0) is 30.6 Å². The quantitative estimate of drug-likeness (QED) is 0.832. The molecule has 0 unspecified atom stereocenters. The maximum atomic E-state index is 4.18. The van der Waals surface area contributed by atoms with Crippen molar-refractivity contribution in [3.8, 4) is 0 Å². The molecule has 0 aliphatic carbocycles. The van der Waals surface area contributed by atoms with E-state index in [2.05, 4.69) is 19.9 Å². The van der Waals surface area contributed by atoms with E-state index in [1.54, 1.807) is 0 Å². The van der Waals surface area contributed by atoms with E-state index >= 15 is 0 Å². The molecule has 0 aromatic carbocycles. The molecule has 0 amide bonds. The highest BCUT2D eigenvalue weighted by molar-refractivity contribution is 7.03. The van der Waals surface area contributed by atoms with Crippen LogP contribution < -0.4 is 5.32 Å². The van der Waals surface area contributed by atoms with Crippen LogP contribution in [-0.4, -0.2) is 14.6 Å². The van der Waals surface area contributed by atoms with Crippen LogP contribution in [0.4, 0.5) is 5.69 Å². The Morgan fingerprint density at radius 1 is 1.43 bits per heavy atom. The average molecular weight is 206 g/mol. The lowest BCUT2D eigenvalue weighted by molar-refractivity contribution is 0.995. The molecule has 5 heteroatoms. The van der Waals surface area contributed by atoms with Gasteiger partial charge in [-0.3, -0.25) is 4.98 Å². The third-order valence-corrected chi connectivity index (χ3v) is 2.34. The lowest BCUT2D eigenvalue weighted by Gasteiger charge is -2.02. The van der Waals surface area contributed by atoms with Gasteiger partial charge in [0.05, 0.1) is 24.1 Å². The van der Waals surface area contributed by atoms with Crippen LogP contribution in [0.1, 0.15) is 11.4 Å². The summed E-state index contributed by atoms with van der Waals surface area (Å²) in [5, 5.41) is 9.08. The summed E-state index contributed by atoms with van der Waals surface area (Å²) >= 11 is 1.36. The fourth-order valence-corrected chi connectivity index (χ4v) is 1.48. The van der Waals surface area contributed by atoms with E-state index in [-0.39, 0.29) is 0 Å². The van der Waals surface area contributed by atoms with E-state index in [4.69, 9.17) is 0 Å². The van der Waals surface area contributed by atoms with Gasteiger partial charge in [0.25, 0.3) is 0 Å². The number of rotatable bonds is 3. The number of hydrogen-bond donors (Lipinski definition) is 1. The van der Waals surface area contributed by atoms with Crippen molar-refractivity contribution in [2.24, 2.45) is 0 Å². The summed E-state index contributed by atoms with van der Waals surface area (Å²) in [6.07, 6.45) is 1.81. The van der Waals surface area contributed by atoms with E-state index in [9.17, 15) is 0 Å². The molecule has 0 atom stereocenters. The monoisotopic (exact) mass is 206 g/mol. The topological polar surface area (TPSA) is 50.7 Å². The molecule has 72 valence electrons. The molecule has 0 bridgehead atoms. The molecule has 14 heavy (non-hydrogen) atoms. The fraction of sp³-hybridized carbons (Fsp3) is 0.222. The zero-order valence-electron chi connectivity index (χ0n) is 7.77. The molecular formula is C9H10N4S. The molecular weight excluding hydrogens is 196 g/mol. The number of pyridine rings is 1. The summed E-state index contributed by atoms with van der Waals surface area (Å²) in [5.41, 5.74) is 2.98. The van der Waals surface area contributed by atoms with Gasteiger partial charge in [-0.2, -0.15) is 0 Å². The summed E-state index contributed by atoms with van der Waals surface area (Å²) in [7, 11) is 0. The van der Waals surface area contributed by atoms with E-state index < -0.39 is 0 Å². The Balaban J connectivity index is 1.95. The molecule has 0 radical (unpaired) electrons. The molecule has 1 N–H and O–H groups in total. The third-order valence-electron chi connectivity index (χ3n) is 1.79. The predicted molar refractivity (Wildman–Crippen MR) is 56.2 cm³/mol. The molecule has 2 aromatic heterocycles. The molecule has 0 aliphatic rings. The Kier molecular flexibility index (Phi) is 2.69. The number of aryl methyl sites for hydroxylation is 1. The number of nitrogens with one attached hydrogen (secondary N) is 1. The van der Waals surface area contributed by atoms with Crippen LogP contribution in [0.3, 0.4) is 0 Å². The van der Waals surface area contributed by atoms with Crippen molar-refractivity contribution in [3.05, 3.63) is 35.1 Å². The van der Waals surface area contributed by atoms with E-state index in [0.717, 1.165) is 17.1 Å². The van der Waals surface area contributed by atoms with E-state index in [1.165, 1.54) is 11.5 Å². The van der Waals surface area contributed by atoms with Gasteiger partial charge in [0.15, 0.2) is 0 Å². The second kappa shape index (κ2) is 4.15. The van der Waals surface area contributed by atoms with Crippen LogP contribution in [0.15, 0.2) is 23.7 Å². The largest absolute Gasteiger partial charge is 0.378 e. The Morgan fingerprint density at radius 2 is 2.36 bits per heavy atom. The first-order chi connectivity index (χ1) is 6.84. The molecule has 2 heterocycles. The van der Waals surface area contributed by atoms with Crippen LogP contribution in [-0.2, 0) is 6.54 Å². The number of aromatic nitrogens is 3. The van der Waals surface area contributed by atoms with E-state index in [1.807, 2.05) is 30.6 Å². The van der Waals surface area contributed by atoms with Crippen LogP contribution in [0.5, 0.6) is 0 Å². The van der Waals surface area contributed by atoms with Crippen molar-refractivity contribution < 1.29 is 0 Å². The standard InChI is InChI=1S/C9H10N4S/c1-7-2-3-8(4-10-7)11-5-9-6-14-13-12-9/h2-4,6,11H,5H2,1H3. The van der Waals surface area contributed by atoms with Crippen LogP contribution in [0.2, 0.25) is 0 Å². The van der Waals surface area contributed by atoms with Crippen molar-refractivity contribution in [3.63, 3.8) is 0 Å². The minimum absolute atomic E-state index is 0.696. The van der Waals surface area contributed by atoms with Gasteiger partial charge < -0.3 is 5.32 Å². The molecule has 2 aromatic rings. The summed E-state index contributed by atoms with van der Waals surface area (Å²) in [4.78, 5) is 4.18. The van der Waals surface area contributed by atoms with Gasteiger partial charge in [0.1, 0.15) is 0 Å². The normalized spacial score (nSPS) is 10.1. The molecule has 0 saturated carbocycles. The van der Waals surface area contributed by atoms with Gasteiger partial charge in [-0.15, -0.1) is 5.10 Å². The van der Waals surface area contributed by atoms with Crippen molar-refractivity contribution in [1.82, 2.24) is 14.6 Å². The minimum atomic E-state index is 0.696. The Labute approximate surface area is 86.2 Å². The van der Waals surface area contributed by atoms with Gasteiger partial charge in [0.2, 0.25) is 0 Å². The molecule has 0 saturated heterocycles. The second-order valence-corrected chi connectivity index (χ2v) is 3.55. The summed E-state index contributed by atoms with van der Waals surface area (Å²) < 4.78 is 3.78. The van der Waals surface area contributed by atoms with Crippen molar-refractivity contribution >= 4 is 17.2 Å². The number of nitrogens with zero attached hydrogens (tertiary/aromatic N) is 3. The summed E-state index contributed by atoms with van der Waals surface area (Å²) in [6, 6.07) is 3.98. The minimum Gasteiger partial charge on any atom is -0.378 e. The molecule has 0 spiro atoms. The number of anilines is 1. The third kappa shape index (κ3) is 2.26. The van der Waals surface area contributed by atoms with E-state index in [0.29, 0.717) is 6.54 Å². The van der Waals surface area contributed by atoms with Crippen LogP contribution in [0.25, 0.3) is 0 Å². The van der Waals surface area contributed by atoms with Gasteiger partial charge >= 0.3 is 0 Å². The zero-order valence-corrected chi connectivity index (χ0v) is 8.58. The average Bonchev–Trinajstić information content (AvgIpc) is 2.70. The highest BCUT2D eigenvalue weighted by atomic mass is 32.1. The lowest BCUT2D eigenvalue weighted by Crippen LogP contribution is -2.00. The predicted octanol–water partition coefficient (Wildman–Crippen LogP) is 1.85. The zero-order chi connectivity index (χ0) is 9.80. The maximum Gasteiger partial charge on any atom is 0.0946 e. The van der Waals surface area contributed by atoms with Crippen LogP contribution in [0, 0.1) is 6.92 Å². The van der Waals surface area contributed by atoms with Gasteiger partial charge in [-0.25, -0.2) is 0 Å².